The number of methoxy groups -OCH3 is 1. The molecule has 1 atom stereocenters. The summed E-state index contributed by atoms with van der Waals surface area (Å²) in [6, 6.07) is 16.2. The first kappa shape index (κ1) is 20.2. The number of likely N-dealkylation sites (tertiary alicyclic amines) is 1. The molecule has 2 aromatic rings. The molecule has 0 aromatic heterocycles. The van der Waals surface area contributed by atoms with Crippen molar-refractivity contribution in [1.29, 1.82) is 0 Å². The van der Waals surface area contributed by atoms with Crippen molar-refractivity contribution in [2.24, 2.45) is 0 Å². The summed E-state index contributed by atoms with van der Waals surface area (Å²) in [5.41, 5.74) is 2.45. The number of hydrogen-bond acceptors (Lipinski definition) is 4. The van der Waals surface area contributed by atoms with Gasteiger partial charge in [-0.1, -0.05) is 30.7 Å². The van der Waals surface area contributed by atoms with E-state index in [1.165, 1.54) is 24.8 Å². The highest BCUT2D eigenvalue weighted by Gasteiger charge is 2.19. The predicted molar refractivity (Wildman–Crippen MR) is 111 cm³/mol. The Bertz CT molecular complexity index is 761. The van der Waals surface area contributed by atoms with Crippen LogP contribution >= 0.6 is 0 Å². The van der Waals surface area contributed by atoms with Gasteiger partial charge in [0, 0.05) is 19.1 Å². The summed E-state index contributed by atoms with van der Waals surface area (Å²) in [7, 11) is 1.62. The largest absolute Gasteiger partial charge is 0.497 e. The van der Waals surface area contributed by atoms with E-state index in [4.69, 9.17) is 9.47 Å². The third-order valence-electron chi connectivity index (χ3n) is 5.34. The van der Waals surface area contributed by atoms with E-state index in [0.29, 0.717) is 18.3 Å². The van der Waals surface area contributed by atoms with Crippen LogP contribution in [-0.4, -0.2) is 37.1 Å². The van der Waals surface area contributed by atoms with Gasteiger partial charge in [-0.3, -0.25) is 9.69 Å². The molecule has 150 valence electrons. The van der Waals surface area contributed by atoms with Crippen molar-refractivity contribution in [1.82, 2.24) is 10.2 Å². The van der Waals surface area contributed by atoms with Crippen LogP contribution in [0.1, 0.15) is 37.3 Å². The van der Waals surface area contributed by atoms with Gasteiger partial charge in [0.15, 0.2) is 6.61 Å². The molecule has 1 amide bonds. The topological polar surface area (TPSA) is 50.8 Å². The van der Waals surface area contributed by atoms with Gasteiger partial charge in [0.1, 0.15) is 11.5 Å². The fourth-order valence-corrected chi connectivity index (χ4v) is 3.56. The first-order valence-corrected chi connectivity index (χ1v) is 10.00. The number of nitrogens with zero attached hydrogens (tertiary/aromatic N) is 1. The van der Waals surface area contributed by atoms with Gasteiger partial charge in [0.05, 0.1) is 7.11 Å². The lowest BCUT2D eigenvalue weighted by atomic mass is 10.0. The van der Waals surface area contributed by atoms with E-state index in [0.717, 1.165) is 24.4 Å². The molecule has 1 saturated heterocycles. The Morgan fingerprint density at radius 3 is 2.50 bits per heavy atom. The summed E-state index contributed by atoms with van der Waals surface area (Å²) in [6.07, 6.45) is 3.86. The SMILES string of the molecule is COc1ccc(OCC(=O)NCc2ccccc2CN2CCCC[C@@H]2C)cc1. The van der Waals surface area contributed by atoms with E-state index in [2.05, 4.69) is 35.3 Å². The van der Waals surface area contributed by atoms with E-state index < -0.39 is 0 Å². The van der Waals surface area contributed by atoms with Crippen molar-refractivity contribution >= 4 is 5.91 Å². The van der Waals surface area contributed by atoms with Crippen LogP contribution in [0.5, 0.6) is 11.5 Å². The molecule has 1 fully saturated rings. The van der Waals surface area contributed by atoms with Gasteiger partial charge in [-0.05, 0) is 61.7 Å². The first-order valence-electron chi connectivity index (χ1n) is 10.00. The maximum Gasteiger partial charge on any atom is 0.258 e. The van der Waals surface area contributed by atoms with Gasteiger partial charge < -0.3 is 14.8 Å². The lowest BCUT2D eigenvalue weighted by Crippen LogP contribution is -2.37. The fourth-order valence-electron chi connectivity index (χ4n) is 3.56. The second kappa shape index (κ2) is 10.1. The molecule has 28 heavy (non-hydrogen) atoms. The highest BCUT2D eigenvalue weighted by atomic mass is 16.5. The Hall–Kier alpha value is -2.53. The van der Waals surface area contributed by atoms with Crippen molar-refractivity contribution in [3.8, 4) is 11.5 Å². The Kier molecular flexibility index (Phi) is 7.31. The van der Waals surface area contributed by atoms with Gasteiger partial charge >= 0.3 is 0 Å². The zero-order valence-electron chi connectivity index (χ0n) is 16.8. The summed E-state index contributed by atoms with van der Waals surface area (Å²) < 4.78 is 10.7. The molecule has 0 saturated carbocycles. The molecule has 1 heterocycles. The lowest BCUT2D eigenvalue weighted by molar-refractivity contribution is -0.123. The van der Waals surface area contributed by atoms with Crippen molar-refractivity contribution in [2.75, 3.05) is 20.3 Å². The molecular weight excluding hydrogens is 352 g/mol. The van der Waals surface area contributed by atoms with Crippen LogP contribution in [0.4, 0.5) is 0 Å². The van der Waals surface area contributed by atoms with E-state index in [9.17, 15) is 4.79 Å². The van der Waals surface area contributed by atoms with E-state index >= 15 is 0 Å². The van der Waals surface area contributed by atoms with Gasteiger partial charge in [-0.2, -0.15) is 0 Å². The zero-order valence-corrected chi connectivity index (χ0v) is 16.8. The van der Waals surface area contributed by atoms with Crippen LogP contribution in [-0.2, 0) is 17.9 Å². The second-order valence-electron chi connectivity index (χ2n) is 7.32. The van der Waals surface area contributed by atoms with Crippen LogP contribution in [0.25, 0.3) is 0 Å². The van der Waals surface area contributed by atoms with Crippen LogP contribution < -0.4 is 14.8 Å². The Morgan fingerprint density at radius 1 is 1.07 bits per heavy atom. The third kappa shape index (κ3) is 5.73. The summed E-state index contributed by atoms with van der Waals surface area (Å²) in [6.45, 7) is 4.91. The Morgan fingerprint density at radius 2 is 1.79 bits per heavy atom. The number of rotatable bonds is 8. The molecule has 0 aliphatic carbocycles. The predicted octanol–water partition coefficient (Wildman–Crippen LogP) is 3.76. The lowest BCUT2D eigenvalue weighted by Gasteiger charge is -2.33. The number of benzene rings is 2. The van der Waals surface area contributed by atoms with Crippen molar-refractivity contribution in [3.63, 3.8) is 0 Å². The standard InChI is InChI=1S/C23H30N2O3/c1-18-7-5-6-14-25(18)16-20-9-4-3-8-19(20)15-24-23(26)17-28-22-12-10-21(27-2)11-13-22/h3-4,8-13,18H,5-7,14-17H2,1-2H3,(H,24,26)/t18-/m0/s1. The third-order valence-corrected chi connectivity index (χ3v) is 5.34. The van der Waals surface area contributed by atoms with Gasteiger partial charge in [-0.25, -0.2) is 0 Å². The molecule has 0 bridgehead atoms. The Labute approximate surface area is 167 Å². The van der Waals surface area contributed by atoms with Crippen LogP contribution in [0, 0.1) is 0 Å². The minimum atomic E-state index is -0.128. The molecule has 0 unspecified atom stereocenters. The maximum atomic E-state index is 12.2. The number of amides is 1. The normalized spacial score (nSPS) is 17.1. The minimum absolute atomic E-state index is 0.00233. The van der Waals surface area contributed by atoms with Crippen molar-refractivity contribution in [3.05, 3.63) is 59.7 Å². The molecule has 5 heteroatoms. The van der Waals surface area contributed by atoms with Crippen LogP contribution in [0.3, 0.4) is 0 Å². The average molecular weight is 383 g/mol. The Balaban J connectivity index is 1.50. The van der Waals surface area contributed by atoms with Crippen LogP contribution in [0.15, 0.2) is 48.5 Å². The minimum Gasteiger partial charge on any atom is -0.497 e. The van der Waals surface area contributed by atoms with Crippen LogP contribution in [0.2, 0.25) is 0 Å². The smallest absolute Gasteiger partial charge is 0.258 e. The number of ether oxygens (including phenoxy) is 2. The monoisotopic (exact) mass is 382 g/mol. The summed E-state index contributed by atoms with van der Waals surface area (Å²) in [5.74, 6) is 1.28. The number of nitrogens with one attached hydrogen (secondary N) is 1. The quantitative estimate of drug-likeness (QED) is 0.755. The van der Waals surface area contributed by atoms with Crippen molar-refractivity contribution in [2.45, 2.75) is 45.3 Å². The number of piperidine rings is 1. The van der Waals surface area contributed by atoms with E-state index in [1.807, 2.05) is 18.2 Å². The fraction of sp³-hybridized carbons (Fsp3) is 0.435. The zero-order chi connectivity index (χ0) is 19.8. The first-order chi connectivity index (χ1) is 13.7. The number of hydrogen-bond donors (Lipinski definition) is 1. The second-order valence-corrected chi connectivity index (χ2v) is 7.32. The molecule has 0 spiro atoms. The van der Waals surface area contributed by atoms with Gasteiger partial charge in [-0.15, -0.1) is 0 Å². The maximum absolute atomic E-state index is 12.2. The molecule has 3 rings (SSSR count). The summed E-state index contributed by atoms with van der Waals surface area (Å²) in [5, 5.41) is 2.97. The van der Waals surface area contributed by atoms with E-state index in [1.54, 1.807) is 19.2 Å². The van der Waals surface area contributed by atoms with E-state index in [-0.39, 0.29) is 12.5 Å². The average Bonchev–Trinajstić information content (AvgIpc) is 2.73. The van der Waals surface area contributed by atoms with Gasteiger partial charge in [0.2, 0.25) is 0 Å². The molecular formula is C23H30N2O3. The molecule has 5 nitrogen and oxygen atoms in total. The number of carbonyl (C=O) groups excluding carboxylic acids is 1. The van der Waals surface area contributed by atoms with Crippen molar-refractivity contribution < 1.29 is 14.3 Å². The number of carbonyl (C=O) groups is 1. The van der Waals surface area contributed by atoms with Gasteiger partial charge in [0.25, 0.3) is 5.91 Å². The highest BCUT2D eigenvalue weighted by molar-refractivity contribution is 5.77. The molecule has 2 aromatic carbocycles. The molecule has 1 N–H and O–H groups in total. The molecule has 1 aliphatic heterocycles. The molecule has 0 radical (unpaired) electrons. The molecule has 1 aliphatic rings. The summed E-state index contributed by atoms with van der Waals surface area (Å²) in [4.78, 5) is 14.7. The highest BCUT2D eigenvalue weighted by Crippen LogP contribution is 2.21. The summed E-state index contributed by atoms with van der Waals surface area (Å²) >= 11 is 0.